The average Bonchev–Trinajstić information content (AvgIpc) is 3.34. The van der Waals surface area contributed by atoms with E-state index in [2.05, 4.69) is 5.10 Å². The normalized spacial score (nSPS) is 13.6. The van der Waals surface area contributed by atoms with Gasteiger partial charge in [0.15, 0.2) is 12.4 Å². The lowest BCUT2D eigenvalue weighted by molar-refractivity contribution is -0.577. The van der Waals surface area contributed by atoms with E-state index in [1.807, 2.05) is 56.3 Å². The number of amides is 2. The Kier molecular flexibility index (Phi) is 6.40. The smallest absolute Gasteiger partial charge is 0.294 e. The molecule has 1 N–H and O–H groups in total. The second kappa shape index (κ2) is 9.81. The number of hydrogen-bond donors (Lipinski definition) is 1. The molecular weight excluding hydrogens is 471 g/mol. The molecule has 0 radical (unpaired) electrons. The fourth-order valence-electron chi connectivity index (χ4n) is 4.53. The molecule has 0 atom stereocenters. The van der Waals surface area contributed by atoms with Gasteiger partial charge in [-0.1, -0.05) is 43.7 Å². The van der Waals surface area contributed by atoms with E-state index in [1.54, 1.807) is 17.0 Å². The number of H-pyrrole nitrogens is 1. The van der Waals surface area contributed by atoms with E-state index in [0.717, 1.165) is 11.1 Å². The summed E-state index contributed by atoms with van der Waals surface area (Å²) in [5.41, 5.74) is 2.62. The van der Waals surface area contributed by atoms with Crippen LogP contribution in [-0.2, 0) is 22.6 Å². The molecule has 2 aromatic heterocycles. The van der Waals surface area contributed by atoms with Crippen LogP contribution in [0.25, 0.3) is 17.0 Å². The van der Waals surface area contributed by atoms with Crippen molar-refractivity contribution in [2.75, 3.05) is 0 Å². The van der Waals surface area contributed by atoms with Gasteiger partial charge in [0.1, 0.15) is 11.4 Å². The Morgan fingerprint density at radius 2 is 1.57 bits per heavy atom. The van der Waals surface area contributed by atoms with Crippen molar-refractivity contribution in [3.8, 4) is 5.69 Å². The summed E-state index contributed by atoms with van der Waals surface area (Å²) in [7, 11) is 0. The van der Waals surface area contributed by atoms with Crippen molar-refractivity contribution in [1.29, 1.82) is 0 Å². The zero-order valence-electron chi connectivity index (χ0n) is 20.6. The summed E-state index contributed by atoms with van der Waals surface area (Å²) < 4.78 is 16.4. The zero-order valence-corrected chi connectivity index (χ0v) is 20.6. The van der Waals surface area contributed by atoms with E-state index in [0.29, 0.717) is 24.2 Å². The number of aromatic amines is 1. The minimum absolute atomic E-state index is 0.0559. The van der Waals surface area contributed by atoms with Gasteiger partial charge in [-0.05, 0) is 48.7 Å². The molecule has 0 aliphatic carbocycles. The topological polar surface area (TPSA) is 79.1 Å². The van der Waals surface area contributed by atoms with Gasteiger partial charge in [-0.25, -0.2) is 9.07 Å². The molecule has 2 aromatic carbocycles. The van der Waals surface area contributed by atoms with Crippen LogP contribution in [0.4, 0.5) is 4.39 Å². The molecular formula is C29H26FN4O3+. The summed E-state index contributed by atoms with van der Waals surface area (Å²) in [5, 5.41) is 3.10. The summed E-state index contributed by atoms with van der Waals surface area (Å²) in [6.45, 7) is 3.97. The Morgan fingerprint density at radius 1 is 0.892 bits per heavy atom. The fourth-order valence-corrected chi connectivity index (χ4v) is 4.53. The van der Waals surface area contributed by atoms with Crippen molar-refractivity contribution in [3.63, 3.8) is 0 Å². The monoisotopic (exact) mass is 497 g/mol. The summed E-state index contributed by atoms with van der Waals surface area (Å²) in [6, 6.07) is 18.4. The zero-order chi connectivity index (χ0) is 26.1. The number of nitrogens with zero attached hydrogens (tertiary/aromatic N) is 3. The molecule has 7 nitrogen and oxygen atoms in total. The van der Waals surface area contributed by atoms with Crippen molar-refractivity contribution in [1.82, 2.24) is 14.7 Å². The molecule has 0 saturated carbocycles. The van der Waals surface area contributed by atoms with Crippen LogP contribution >= 0.6 is 0 Å². The summed E-state index contributed by atoms with van der Waals surface area (Å²) >= 11 is 0. The number of aromatic nitrogens is 3. The SMILES string of the molecule is CCCc1[nH]n(-c2ccc(F)cc2)c(=O)c1C1=C([n+]2ccc(C)cc2)C(=O)N(Cc2ccccc2)C1=O. The maximum Gasteiger partial charge on any atom is 0.327 e. The number of aryl methyl sites for hydroxylation is 2. The van der Waals surface area contributed by atoms with Crippen LogP contribution in [0.1, 0.15) is 35.7 Å². The van der Waals surface area contributed by atoms with Gasteiger partial charge in [-0.3, -0.25) is 24.4 Å². The van der Waals surface area contributed by atoms with Gasteiger partial charge in [0, 0.05) is 17.8 Å². The van der Waals surface area contributed by atoms with Gasteiger partial charge in [-0.2, -0.15) is 4.57 Å². The number of halogens is 1. The third kappa shape index (κ3) is 4.42. The standard InChI is InChI=1S/C29H25FN4O3/c1-3-7-23-24(28(36)34(31-23)22-12-10-21(30)11-13-22)25-26(32-16-14-19(2)15-17-32)29(37)33(27(25)35)18-20-8-5-4-6-9-20/h4-6,8-17H,3,7,18H2,1-2H3/p+1. The molecule has 0 saturated heterocycles. The van der Waals surface area contributed by atoms with Gasteiger partial charge < -0.3 is 0 Å². The van der Waals surface area contributed by atoms with E-state index in [-0.39, 0.29) is 23.4 Å². The first-order valence-electron chi connectivity index (χ1n) is 12.1. The number of pyridine rings is 1. The van der Waals surface area contributed by atoms with E-state index in [1.165, 1.54) is 33.8 Å². The second-order valence-corrected chi connectivity index (χ2v) is 9.02. The molecule has 1 aliphatic heterocycles. The highest BCUT2D eigenvalue weighted by atomic mass is 19.1. The highest BCUT2D eigenvalue weighted by Crippen LogP contribution is 2.31. The van der Waals surface area contributed by atoms with Crippen molar-refractivity contribution in [3.05, 3.63) is 118 Å². The van der Waals surface area contributed by atoms with Crippen LogP contribution in [0, 0.1) is 12.7 Å². The predicted octanol–water partition coefficient (Wildman–Crippen LogP) is 3.79. The Bertz CT molecular complexity index is 1570. The molecule has 2 amide bonds. The predicted molar refractivity (Wildman–Crippen MR) is 137 cm³/mol. The van der Waals surface area contributed by atoms with Crippen LogP contribution < -0.4 is 10.1 Å². The Balaban J connectivity index is 1.72. The first kappa shape index (κ1) is 24.1. The molecule has 1 aliphatic rings. The molecule has 0 fully saturated rings. The van der Waals surface area contributed by atoms with Gasteiger partial charge in [0.25, 0.3) is 17.2 Å². The van der Waals surface area contributed by atoms with Gasteiger partial charge >= 0.3 is 5.91 Å². The highest BCUT2D eigenvalue weighted by Gasteiger charge is 2.47. The molecule has 186 valence electrons. The van der Waals surface area contributed by atoms with E-state index < -0.39 is 23.2 Å². The van der Waals surface area contributed by atoms with Crippen LogP contribution in [0.5, 0.6) is 0 Å². The Hall–Kier alpha value is -4.59. The quantitative estimate of drug-likeness (QED) is 0.312. The van der Waals surface area contributed by atoms with E-state index >= 15 is 0 Å². The lowest BCUT2D eigenvalue weighted by atomic mass is 10.0. The summed E-state index contributed by atoms with van der Waals surface area (Å²) in [4.78, 5) is 42.6. The van der Waals surface area contributed by atoms with Crippen LogP contribution in [-0.4, -0.2) is 26.5 Å². The minimum atomic E-state index is -0.531. The maximum atomic E-state index is 13.9. The lowest BCUT2D eigenvalue weighted by Gasteiger charge is -2.13. The Labute approximate surface area is 213 Å². The number of carbonyl (C=O) groups excluding carboxylic acids is 2. The highest BCUT2D eigenvalue weighted by molar-refractivity contribution is 6.44. The molecule has 3 heterocycles. The fraction of sp³-hybridized carbons (Fsp3) is 0.172. The molecule has 8 heteroatoms. The third-order valence-electron chi connectivity index (χ3n) is 6.38. The first-order chi connectivity index (χ1) is 17.9. The van der Waals surface area contributed by atoms with Crippen molar-refractivity contribution >= 4 is 23.1 Å². The molecule has 5 rings (SSSR count). The number of benzene rings is 2. The van der Waals surface area contributed by atoms with Crippen LogP contribution in [0.3, 0.4) is 0 Å². The molecule has 0 unspecified atom stereocenters. The summed E-state index contributed by atoms with van der Waals surface area (Å²) in [5.74, 6) is -1.43. The maximum absolute atomic E-state index is 13.9. The van der Waals surface area contributed by atoms with Gasteiger partial charge in [-0.15, -0.1) is 0 Å². The number of imide groups is 1. The number of rotatable bonds is 7. The van der Waals surface area contributed by atoms with E-state index in [4.69, 9.17) is 0 Å². The number of hydrogen-bond acceptors (Lipinski definition) is 3. The Morgan fingerprint density at radius 3 is 2.22 bits per heavy atom. The average molecular weight is 498 g/mol. The van der Waals surface area contributed by atoms with E-state index in [9.17, 15) is 18.8 Å². The van der Waals surface area contributed by atoms with Gasteiger partial charge in [0.05, 0.1) is 17.8 Å². The largest absolute Gasteiger partial charge is 0.327 e. The lowest BCUT2D eigenvalue weighted by Crippen LogP contribution is -2.39. The van der Waals surface area contributed by atoms with Crippen LogP contribution in [0.15, 0.2) is 83.9 Å². The number of carbonyl (C=O) groups is 2. The van der Waals surface area contributed by atoms with Crippen molar-refractivity contribution in [2.24, 2.45) is 0 Å². The third-order valence-corrected chi connectivity index (χ3v) is 6.38. The van der Waals surface area contributed by atoms with Crippen LogP contribution in [0.2, 0.25) is 0 Å². The second-order valence-electron chi connectivity index (χ2n) is 9.02. The number of nitrogens with one attached hydrogen (secondary N) is 1. The molecule has 4 aromatic rings. The molecule has 0 bridgehead atoms. The van der Waals surface area contributed by atoms with Gasteiger partial charge in [0.2, 0.25) is 0 Å². The summed E-state index contributed by atoms with van der Waals surface area (Å²) in [6.07, 6.45) is 4.61. The molecule has 37 heavy (non-hydrogen) atoms. The first-order valence-corrected chi connectivity index (χ1v) is 12.1. The van der Waals surface area contributed by atoms with Crippen molar-refractivity contribution < 1.29 is 18.5 Å². The minimum Gasteiger partial charge on any atom is -0.294 e. The van der Waals surface area contributed by atoms with Crippen molar-refractivity contribution in [2.45, 2.75) is 33.2 Å². The molecule has 0 spiro atoms.